The van der Waals surface area contributed by atoms with Crippen molar-refractivity contribution in [3.63, 3.8) is 0 Å². The number of aryl methyl sites for hydroxylation is 2. The molecule has 2 heterocycles. The number of hydrogen-bond acceptors (Lipinski definition) is 4. The maximum Gasteiger partial charge on any atom is 0.232 e. The van der Waals surface area contributed by atoms with Crippen molar-refractivity contribution in [3.8, 4) is 28.5 Å². The number of carbonyl (C=O) groups excluding carboxylic acids is 1. The third kappa shape index (κ3) is 5.14. The van der Waals surface area contributed by atoms with Crippen molar-refractivity contribution in [1.82, 2.24) is 4.98 Å². The molecular formula is C35H27N3OS. The Morgan fingerprint density at radius 2 is 1.32 bits per heavy atom. The second-order valence-corrected chi connectivity index (χ2v) is 10.7. The van der Waals surface area contributed by atoms with Crippen molar-refractivity contribution >= 4 is 29.0 Å². The van der Waals surface area contributed by atoms with Gasteiger partial charge in [0.1, 0.15) is 11.1 Å². The van der Waals surface area contributed by atoms with Gasteiger partial charge in [0.2, 0.25) is 5.91 Å². The van der Waals surface area contributed by atoms with E-state index < -0.39 is 0 Å². The summed E-state index contributed by atoms with van der Waals surface area (Å²) in [5.74, 6) is 0.545. The summed E-state index contributed by atoms with van der Waals surface area (Å²) >= 11 is 1.47. The van der Waals surface area contributed by atoms with Crippen LogP contribution >= 0.6 is 11.8 Å². The van der Waals surface area contributed by atoms with Crippen LogP contribution in [0.5, 0.6) is 0 Å². The zero-order valence-corrected chi connectivity index (χ0v) is 22.8. The summed E-state index contributed by atoms with van der Waals surface area (Å²) < 4.78 is 0. The molecule has 0 N–H and O–H groups in total. The highest BCUT2D eigenvalue weighted by Crippen LogP contribution is 2.38. The van der Waals surface area contributed by atoms with Crippen LogP contribution in [0.4, 0.5) is 11.4 Å². The lowest BCUT2D eigenvalue weighted by Crippen LogP contribution is -2.27. The number of para-hydroxylation sites is 2. The van der Waals surface area contributed by atoms with Gasteiger partial charge in [0, 0.05) is 23.3 Å². The molecule has 4 nitrogen and oxygen atoms in total. The van der Waals surface area contributed by atoms with Crippen LogP contribution in [0, 0.1) is 11.3 Å². The lowest BCUT2D eigenvalue weighted by molar-refractivity contribution is -0.117. The molecule has 0 aliphatic carbocycles. The number of nitrogens with zero attached hydrogens (tertiary/aromatic N) is 3. The molecular weight excluding hydrogens is 510 g/mol. The standard InChI is InChI=1S/C35H27N3OS/c36-24-30-29(25-11-3-1-4-12-25)23-31(26-13-5-2-6-14-26)37-35(30)40-22-21-34(39)38-32-17-9-7-15-27(32)19-20-28-16-8-10-18-33(28)38/h1-18,23H,19-22H2. The van der Waals surface area contributed by atoms with Crippen molar-refractivity contribution in [2.24, 2.45) is 0 Å². The summed E-state index contributed by atoms with van der Waals surface area (Å²) in [6, 6.07) is 40.7. The maximum atomic E-state index is 13.8. The maximum absolute atomic E-state index is 13.8. The van der Waals surface area contributed by atoms with E-state index in [9.17, 15) is 10.1 Å². The number of hydrogen-bond donors (Lipinski definition) is 0. The molecule has 40 heavy (non-hydrogen) atoms. The van der Waals surface area contributed by atoms with E-state index in [0.29, 0.717) is 22.8 Å². The Labute approximate surface area is 239 Å². The molecule has 194 valence electrons. The van der Waals surface area contributed by atoms with Crippen molar-refractivity contribution < 1.29 is 4.79 Å². The van der Waals surface area contributed by atoms with Crippen LogP contribution in [0.15, 0.2) is 120 Å². The molecule has 4 aromatic carbocycles. The topological polar surface area (TPSA) is 57.0 Å². The summed E-state index contributed by atoms with van der Waals surface area (Å²) in [5, 5.41) is 10.9. The lowest BCUT2D eigenvalue weighted by Gasteiger charge is -2.25. The zero-order valence-electron chi connectivity index (χ0n) is 22.0. The van der Waals surface area contributed by atoms with E-state index in [1.54, 1.807) is 0 Å². The molecule has 0 atom stereocenters. The Morgan fingerprint density at radius 3 is 1.93 bits per heavy atom. The molecule has 1 aliphatic heterocycles. The van der Waals surface area contributed by atoms with Gasteiger partial charge in [-0.05, 0) is 47.7 Å². The predicted molar refractivity (Wildman–Crippen MR) is 163 cm³/mol. The highest BCUT2D eigenvalue weighted by atomic mass is 32.2. The van der Waals surface area contributed by atoms with Crippen LogP contribution in [0.25, 0.3) is 22.4 Å². The number of amides is 1. The number of fused-ring (bicyclic) bond motifs is 2. The third-order valence-corrected chi connectivity index (χ3v) is 8.16. The molecule has 0 fully saturated rings. The Morgan fingerprint density at radius 1 is 0.775 bits per heavy atom. The highest BCUT2D eigenvalue weighted by molar-refractivity contribution is 7.99. The molecule has 1 aromatic heterocycles. The van der Waals surface area contributed by atoms with Gasteiger partial charge < -0.3 is 0 Å². The molecule has 0 bridgehead atoms. The van der Waals surface area contributed by atoms with Crippen molar-refractivity contribution in [3.05, 3.63) is 132 Å². The van der Waals surface area contributed by atoms with E-state index in [4.69, 9.17) is 4.98 Å². The average Bonchev–Trinajstić information content (AvgIpc) is 3.18. The van der Waals surface area contributed by atoms with Gasteiger partial charge in [-0.3, -0.25) is 9.69 Å². The number of rotatable bonds is 6. The summed E-state index contributed by atoms with van der Waals surface area (Å²) in [7, 11) is 0. The Bertz CT molecular complexity index is 1660. The summed E-state index contributed by atoms with van der Waals surface area (Å²) in [5.41, 5.74) is 8.41. The van der Waals surface area contributed by atoms with E-state index in [2.05, 4.69) is 18.2 Å². The molecule has 0 radical (unpaired) electrons. The highest BCUT2D eigenvalue weighted by Gasteiger charge is 2.25. The fourth-order valence-corrected chi connectivity index (χ4v) is 6.16. The monoisotopic (exact) mass is 537 g/mol. The number of anilines is 2. The molecule has 1 aliphatic rings. The first-order valence-electron chi connectivity index (χ1n) is 13.4. The van der Waals surface area contributed by atoms with Crippen molar-refractivity contribution in [2.75, 3.05) is 10.7 Å². The van der Waals surface area contributed by atoms with Gasteiger partial charge in [-0.15, -0.1) is 11.8 Å². The third-order valence-electron chi connectivity index (χ3n) is 7.19. The van der Waals surface area contributed by atoms with Crippen LogP contribution in [0.2, 0.25) is 0 Å². The van der Waals surface area contributed by atoms with Gasteiger partial charge >= 0.3 is 0 Å². The van der Waals surface area contributed by atoms with Gasteiger partial charge in [-0.2, -0.15) is 5.26 Å². The van der Waals surface area contributed by atoms with E-state index in [0.717, 1.165) is 46.6 Å². The van der Waals surface area contributed by atoms with Gasteiger partial charge in [0.15, 0.2) is 0 Å². The first-order valence-corrected chi connectivity index (χ1v) is 14.4. The molecule has 0 spiro atoms. The molecule has 5 aromatic rings. The first-order chi connectivity index (χ1) is 19.7. The molecule has 0 saturated heterocycles. The quantitative estimate of drug-likeness (QED) is 0.205. The lowest BCUT2D eigenvalue weighted by atomic mass is 9.99. The second kappa shape index (κ2) is 11.6. The molecule has 0 saturated carbocycles. The molecule has 1 amide bonds. The molecule has 5 heteroatoms. The van der Waals surface area contributed by atoms with E-state index in [-0.39, 0.29) is 5.91 Å². The minimum Gasteiger partial charge on any atom is -0.280 e. The van der Waals surface area contributed by atoms with E-state index >= 15 is 0 Å². The molecule has 0 unspecified atom stereocenters. The molecule has 6 rings (SSSR count). The predicted octanol–water partition coefficient (Wildman–Crippen LogP) is 8.23. The van der Waals surface area contributed by atoms with Crippen molar-refractivity contribution in [2.45, 2.75) is 24.3 Å². The van der Waals surface area contributed by atoms with E-state index in [1.165, 1.54) is 22.9 Å². The fraction of sp³-hybridized carbons (Fsp3) is 0.114. The Kier molecular flexibility index (Phi) is 7.43. The van der Waals surface area contributed by atoms with Crippen LogP contribution in [0.1, 0.15) is 23.1 Å². The summed E-state index contributed by atoms with van der Waals surface area (Å²) in [6.07, 6.45) is 2.11. The van der Waals surface area contributed by atoms with Crippen LogP contribution in [0.3, 0.4) is 0 Å². The second-order valence-electron chi connectivity index (χ2n) is 9.66. The van der Waals surface area contributed by atoms with Gasteiger partial charge in [-0.1, -0.05) is 97.1 Å². The van der Waals surface area contributed by atoms with Crippen LogP contribution in [-0.4, -0.2) is 16.6 Å². The normalized spacial score (nSPS) is 12.1. The average molecular weight is 538 g/mol. The largest absolute Gasteiger partial charge is 0.280 e. The number of aromatic nitrogens is 1. The fourth-order valence-electron chi connectivity index (χ4n) is 5.23. The number of benzene rings is 4. The van der Waals surface area contributed by atoms with E-state index in [1.807, 2.05) is 108 Å². The van der Waals surface area contributed by atoms with Crippen LogP contribution in [-0.2, 0) is 17.6 Å². The first kappa shape index (κ1) is 25.6. The SMILES string of the molecule is N#Cc1c(-c2ccccc2)cc(-c2ccccc2)nc1SCCC(=O)N1c2ccccc2CCc2ccccc21. The summed E-state index contributed by atoms with van der Waals surface area (Å²) in [4.78, 5) is 20.6. The number of carbonyl (C=O) groups is 1. The number of pyridine rings is 1. The number of thioether (sulfide) groups is 1. The van der Waals surface area contributed by atoms with Gasteiger partial charge in [0.05, 0.1) is 22.6 Å². The zero-order chi connectivity index (χ0) is 27.3. The minimum absolute atomic E-state index is 0.0373. The van der Waals surface area contributed by atoms with Crippen LogP contribution < -0.4 is 4.90 Å². The Balaban J connectivity index is 1.32. The van der Waals surface area contributed by atoms with Gasteiger partial charge in [-0.25, -0.2) is 4.98 Å². The van der Waals surface area contributed by atoms with Crippen molar-refractivity contribution in [1.29, 1.82) is 5.26 Å². The Hall–Kier alpha value is -4.66. The minimum atomic E-state index is 0.0373. The summed E-state index contributed by atoms with van der Waals surface area (Å²) in [6.45, 7) is 0. The number of nitriles is 1. The smallest absolute Gasteiger partial charge is 0.232 e. The van der Waals surface area contributed by atoms with Gasteiger partial charge in [0.25, 0.3) is 0 Å².